The Labute approximate surface area is 121 Å². The molecular weight excluding hydrogens is 280 g/mol. The average molecular weight is 295 g/mol. The Morgan fingerprint density at radius 1 is 1.60 bits per heavy atom. The third-order valence-electron chi connectivity index (χ3n) is 3.38. The Morgan fingerprint density at radius 2 is 2.35 bits per heavy atom. The first-order chi connectivity index (χ1) is 9.61. The van der Waals surface area contributed by atoms with E-state index in [1.807, 2.05) is 7.05 Å². The van der Waals surface area contributed by atoms with Crippen molar-refractivity contribution in [3.63, 3.8) is 0 Å². The fourth-order valence-electron chi connectivity index (χ4n) is 2.24. The monoisotopic (exact) mass is 294 g/mol. The highest BCUT2D eigenvalue weighted by Gasteiger charge is 2.31. The molecule has 20 heavy (non-hydrogen) atoms. The number of nitrogens with zero attached hydrogens (tertiary/aromatic N) is 4. The summed E-state index contributed by atoms with van der Waals surface area (Å²) in [6.07, 6.45) is 5.36. The molecule has 0 amide bonds. The fraction of sp³-hybridized carbons (Fsp3) is 0.462. The molecule has 1 aliphatic rings. The summed E-state index contributed by atoms with van der Waals surface area (Å²) in [7, 11) is 1.96. The van der Waals surface area contributed by atoms with Crippen LogP contribution in [0.5, 0.6) is 0 Å². The van der Waals surface area contributed by atoms with Crippen molar-refractivity contribution < 1.29 is 9.53 Å². The van der Waals surface area contributed by atoms with Crippen LogP contribution in [0.25, 0.3) is 5.65 Å². The Kier molecular flexibility index (Phi) is 3.25. The van der Waals surface area contributed by atoms with E-state index in [1.54, 1.807) is 17.6 Å². The lowest BCUT2D eigenvalue weighted by Crippen LogP contribution is -2.24. The molecule has 6 nitrogen and oxygen atoms in total. The third-order valence-corrected chi connectivity index (χ3v) is 3.56. The molecule has 0 bridgehead atoms. The number of carbonyl (C=O) groups is 1. The molecule has 106 valence electrons. The van der Waals surface area contributed by atoms with Crippen LogP contribution < -0.4 is 4.90 Å². The predicted molar refractivity (Wildman–Crippen MR) is 75.4 cm³/mol. The number of rotatable bonds is 4. The predicted octanol–water partition coefficient (Wildman–Crippen LogP) is 2.16. The maximum Gasteiger partial charge on any atom is 0.342 e. The number of esters is 1. The Hall–Kier alpha value is -1.82. The second-order valence-corrected chi connectivity index (χ2v) is 5.19. The van der Waals surface area contributed by atoms with Gasteiger partial charge < -0.3 is 9.64 Å². The second kappa shape index (κ2) is 4.94. The quantitative estimate of drug-likeness (QED) is 0.809. The van der Waals surface area contributed by atoms with Crippen molar-refractivity contribution in [1.29, 1.82) is 0 Å². The van der Waals surface area contributed by atoms with Gasteiger partial charge in [0, 0.05) is 13.1 Å². The van der Waals surface area contributed by atoms with Gasteiger partial charge in [-0.1, -0.05) is 11.6 Å². The van der Waals surface area contributed by atoms with E-state index in [0.717, 1.165) is 18.5 Å². The Balaban J connectivity index is 2.17. The smallest absolute Gasteiger partial charge is 0.342 e. The maximum absolute atomic E-state index is 12.1. The zero-order valence-electron chi connectivity index (χ0n) is 11.3. The summed E-state index contributed by atoms with van der Waals surface area (Å²) in [6.45, 7) is 2.10. The molecule has 3 rings (SSSR count). The molecule has 1 fully saturated rings. The van der Waals surface area contributed by atoms with Gasteiger partial charge in [0.25, 0.3) is 0 Å². The number of ether oxygens (including phenoxy) is 1. The summed E-state index contributed by atoms with van der Waals surface area (Å²) in [6, 6.07) is 0.435. The van der Waals surface area contributed by atoms with E-state index in [0.29, 0.717) is 29.0 Å². The van der Waals surface area contributed by atoms with Gasteiger partial charge in [-0.05, 0) is 19.8 Å². The highest BCUT2D eigenvalue weighted by molar-refractivity contribution is 6.29. The van der Waals surface area contributed by atoms with Crippen LogP contribution in [0.4, 0.5) is 5.69 Å². The van der Waals surface area contributed by atoms with E-state index in [-0.39, 0.29) is 5.97 Å². The largest absolute Gasteiger partial charge is 0.462 e. The molecule has 0 unspecified atom stereocenters. The zero-order chi connectivity index (χ0) is 14.3. The van der Waals surface area contributed by atoms with Crippen LogP contribution in [0.3, 0.4) is 0 Å². The highest BCUT2D eigenvalue weighted by Crippen LogP contribution is 2.35. The number of imidazole rings is 1. The standard InChI is InChI=1S/C13H15ClN4O2/c1-3-20-13(19)9-6-15-18-7-10(14)16-12(18)11(9)17(2)8-4-5-8/h6-8H,3-5H2,1-2H3. The fourth-order valence-corrected chi connectivity index (χ4v) is 2.42. The molecule has 2 heterocycles. The Morgan fingerprint density at radius 3 is 3.00 bits per heavy atom. The van der Waals surface area contributed by atoms with Gasteiger partial charge in [-0.25, -0.2) is 14.3 Å². The molecule has 1 saturated carbocycles. The number of hydrogen-bond acceptors (Lipinski definition) is 5. The minimum absolute atomic E-state index is 0.325. The molecule has 0 spiro atoms. The van der Waals surface area contributed by atoms with Crippen LogP contribution in [0, 0.1) is 0 Å². The molecule has 0 N–H and O–H groups in total. The van der Waals surface area contributed by atoms with E-state index in [2.05, 4.69) is 15.0 Å². The van der Waals surface area contributed by atoms with Crippen molar-refractivity contribution in [3.8, 4) is 0 Å². The topological polar surface area (TPSA) is 59.7 Å². The van der Waals surface area contributed by atoms with Crippen LogP contribution in [-0.4, -0.2) is 40.3 Å². The SMILES string of the molecule is CCOC(=O)c1cnn2cc(Cl)nc2c1N(C)C1CC1. The van der Waals surface area contributed by atoms with E-state index in [1.165, 1.54) is 6.20 Å². The summed E-state index contributed by atoms with van der Waals surface area (Å²) >= 11 is 5.94. The highest BCUT2D eigenvalue weighted by atomic mass is 35.5. The summed E-state index contributed by atoms with van der Waals surface area (Å²) in [5.74, 6) is -0.385. The van der Waals surface area contributed by atoms with Crippen molar-refractivity contribution >= 4 is 28.9 Å². The van der Waals surface area contributed by atoms with Crippen LogP contribution in [0.2, 0.25) is 5.15 Å². The third kappa shape index (κ3) is 2.20. The van der Waals surface area contributed by atoms with Gasteiger partial charge in [0.15, 0.2) is 5.65 Å². The molecule has 2 aromatic heterocycles. The molecule has 2 aromatic rings. The molecule has 0 radical (unpaired) electrons. The van der Waals surface area contributed by atoms with Crippen molar-refractivity contribution in [2.24, 2.45) is 0 Å². The number of aromatic nitrogens is 3. The minimum atomic E-state index is -0.385. The van der Waals surface area contributed by atoms with Crippen LogP contribution in [0.1, 0.15) is 30.1 Å². The lowest BCUT2D eigenvalue weighted by atomic mass is 10.2. The zero-order valence-corrected chi connectivity index (χ0v) is 12.1. The van der Waals surface area contributed by atoms with Crippen LogP contribution in [0.15, 0.2) is 12.4 Å². The minimum Gasteiger partial charge on any atom is -0.462 e. The lowest BCUT2D eigenvalue weighted by molar-refractivity contribution is 0.0526. The first-order valence-electron chi connectivity index (χ1n) is 6.55. The van der Waals surface area contributed by atoms with Gasteiger partial charge in [0.05, 0.1) is 24.7 Å². The van der Waals surface area contributed by atoms with E-state index < -0.39 is 0 Å². The van der Waals surface area contributed by atoms with Crippen molar-refractivity contribution in [2.75, 3.05) is 18.6 Å². The average Bonchev–Trinajstić information content (AvgIpc) is 3.18. The summed E-state index contributed by atoms with van der Waals surface area (Å²) in [5.41, 5.74) is 1.74. The van der Waals surface area contributed by atoms with E-state index >= 15 is 0 Å². The maximum atomic E-state index is 12.1. The summed E-state index contributed by atoms with van der Waals surface area (Å²) in [5, 5.41) is 4.52. The van der Waals surface area contributed by atoms with Gasteiger partial charge in [-0.15, -0.1) is 0 Å². The number of anilines is 1. The first kappa shape index (κ1) is 13.2. The molecule has 0 aliphatic heterocycles. The molecule has 0 saturated heterocycles. The number of hydrogen-bond donors (Lipinski definition) is 0. The molecule has 1 aliphatic carbocycles. The van der Waals surface area contributed by atoms with Crippen molar-refractivity contribution in [1.82, 2.24) is 14.6 Å². The van der Waals surface area contributed by atoms with Gasteiger partial charge in [-0.2, -0.15) is 5.10 Å². The first-order valence-corrected chi connectivity index (χ1v) is 6.93. The van der Waals surface area contributed by atoms with Crippen LogP contribution in [-0.2, 0) is 4.74 Å². The summed E-state index contributed by atoms with van der Waals surface area (Å²) in [4.78, 5) is 18.4. The number of halogens is 1. The second-order valence-electron chi connectivity index (χ2n) is 4.80. The normalized spacial score (nSPS) is 14.6. The molecule has 0 aromatic carbocycles. The number of carbonyl (C=O) groups excluding carboxylic acids is 1. The molecule has 7 heteroatoms. The van der Waals surface area contributed by atoms with Gasteiger partial charge in [0.2, 0.25) is 0 Å². The molecule has 0 atom stereocenters. The van der Waals surface area contributed by atoms with Gasteiger partial charge in [-0.3, -0.25) is 0 Å². The van der Waals surface area contributed by atoms with Crippen molar-refractivity contribution in [3.05, 3.63) is 23.1 Å². The van der Waals surface area contributed by atoms with Gasteiger partial charge >= 0.3 is 5.97 Å². The summed E-state index contributed by atoms with van der Waals surface area (Å²) < 4.78 is 6.68. The van der Waals surface area contributed by atoms with E-state index in [9.17, 15) is 4.79 Å². The van der Waals surface area contributed by atoms with E-state index in [4.69, 9.17) is 16.3 Å². The van der Waals surface area contributed by atoms with Crippen LogP contribution >= 0.6 is 11.6 Å². The lowest BCUT2D eigenvalue weighted by Gasteiger charge is -2.21. The van der Waals surface area contributed by atoms with Gasteiger partial charge in [0.1, 0.15) is 10.7 Å². The number of fused-ring (bicyclic) bond motifs is 1. The Bertz CT molecular complexity index is 666. The molecular formula is C13H15ClN4O2. The van der Waals surface area contributed by atoms with Crippen molar-refractivity contribution in [2.45, 2.75) is 25.8 Å².